The van der Waals surface area contributed by atoms with Crippen LogP contribution >= 0.6 is 0 Å². The highest BCUT2D eigenvalue weighted by Gasteiger charge is 2.34. The summed E-state index contributed by atoms with van der Waals surface area (Å²) in [6.45, 7) is 5.07. The third kappa shape index (κ3) is 3.09. The summed E-state index contributed by atoms with van der Waals surface area (Å²) in [6.07, 6.45) is 5.11. The van der Waals surface area contributed by atoms with Crippen LogP contribution in [0.25, 0.3) is 5.69 Å². The summed E-state index contributed by atoms with van der Waals surface area (Å²) in [6, 6.07) is 9.39. The number of ether oxygens (including phenoxy) is 1. The number of hydrogen-bond acceptors (Lipinski definition) is 3. The molecule has 0 N–H and O–H groups in total. The summed E-state index contributed by atoms with van der Waals surface area (Å²) in [4.78, 5) is 14.7. The minimum atomic E-state index is -0.0980. The summed E-state index contributed by atoms with van der Waals surface area (Å²) in [7, 11) is 1.64. The Bertz CT molecular complexity index is 689. The van der Waals surface area contributed by atoms with Crippen LogP contribution in [0.2, 0.25) is 0 Å². The summed E-state index contributed by atoms with van der Waals surface area (Å²) in [5.74, 6) is 0.814. The molecule has 2 heterocycles. The fourth-order valence-corrected chi connectivity index (χ4v) is 3.10. The van der Waals surface area contributed by atoms with Gasteiger partial charge < -0.3 is 9.64 Å². The van der Waals surface area contributed by atoms with Crippen LogP contribution in [0.1, 0.15) is 43.6 Å². The van der Waals surface area contributed by atoms with Gasteiger partial charge >= 0.3 is 0 Å². The molecule has 2 aromatic rings. The van der Waals surface area contributed by atoms with Gasteiger partial charge in [-0.2, -0.15) is 5.10 Å². The minimum Gasteiger partial charge on any atom is -0.497 e. The maximum Gasteiger partial charge on any atom is 0.274 e. The van der Waals surface area contributed by atoms with E-state index >= 15 is 0 Å². The molecule has 0 radical (unpaired) electrons. The minimum absolute atomic E-state index is 0.0157. The normalized spacial score (nSPS) is 17.1. The van der Waals surface area contributed by atoms with E-state index in [1.54, 1.807) is 17.9 Å². The van der Waals surface area contributed by atoms with Crippen LogP contribution in [0.5, 0.6) is 5.75 Å². The average molecular weight is 313 g/mol. The zero-order chi connectivity index (χ0) is 16.4. The van der Waals surface area contributed by atoms with Crippen molar-refractivity contribution in [3.8, 4) is 11.4 Å². The Morgan fingerprint density at radius 1 is 1.17 bits per heavy atom. The molecule has 1 amide bonds. The SMILES string of the molecule is COc1ccc(-n2ccc(C(=O)N3CCCCC3(C)C)n2)cc1. The second-order valence-corrected chi connectivity index (χ2v) is 6.57. The first-order chi connectivity index (χ1) is 11.0. The predicted molar refractivity (Wildman–Crippen MR) is 89.1 cm³/mol. The van der Waals surface area contributed by atoms with Crippen molar-refractivity contribution in [2.45, 2.75) is 38.6 Å². The van der Waals surface area contributed by atoms with Crippen molar-refractivity contribution < 1.29 is 9.53 Å². The van der Waals surface area contributed by atoms with Crippen molar-refractivity contribution in [3.05, 3.63) is 42.2 Å². The summed E-state index contributed by atoms with van der Waals surface area (Å²) in [5.41, 5.74) is 1.30. The molecule has 3 rings (SSSR count). The Kier molecular flexibility index (Phi) is 4.11. The summed E-state index contributed by atoms with van der Waals surface area (Å²) < 4.78 is 6.89. The Balaban J connectivity index is 1.81. The van der Waals surface area contributed by atoms with Gasteiger partial charge in [0.1, 0.15) is 5.75 Å². The van der Waals surface area contributed by atoms with Crippen molar-refractivity contribution in [1.29, 1.82) is 0 Å². The highest BCUT2D eigenvalue weighted by molar-refractivity contribution is 5.92. The molecular formula is C18H23N3O2. The second kappa shape index (κ2) is 6.07. The molecule has 0 unspecified atom stereocenters. The second-order valence-electron chi connectivity index (χ2n) is 6.57. The molecule has 0 atom stereocenters. The molecule has 1 aliphatic rings. The first kappa shape index (κ1) is 15.6. The van der Waals surface area contributed by atoms with Gasteiger partial charge in [-0.15, -0.1) is 0 Å². The van der Waals surface area contributed by atoms with Crippen LogP contribution in [0, 0.1) is 0 Å². The van der Waals surface area contributed by atoms with Gasteiger partial charge in [-0.3, -0.25) is 4.79 Å². The van der Waals surface area contributed by atoms with Crippen LogP contribution in [0.4, 0.5) is 0 Å². The molecule has 23 heavy (non-hydrogen) atoms. The van der Waals surface area contributed by atoms with Crippen LogP contribution in [0.3, 0.4) is 0 Å². The standard InChI is InChI=1S/C18H23N3O2/c1-18(2)11-4-5-12-20(18)17(22)16-10-13-21(19-16)14-6-8-15(23-3)9-7-14/h6-10,13H,4-5,11-12H2,1-3H3. The zero-order valence-corrected chi connectivity index (χ0v) is 14.0. The Hall–Kier alpha value is -2.30. The number of nitrogens with zero attached hydrogens (tertiary/aromatic N) is 3. The molecule has 1 saturated heterocycles. The number of benzene rings is 1. The van der Waals surface area contributed by atoms with Crippen LogP contribution < -0.4 is 4.74 Å². The van der Waals surface area contributed by atoms with Gasteiger partial charge in [-0.25, -0.2) is 4.68 Å². The molecule has 1 aromatic heterocycles. The molecule has 122 valence electrons. The highest BCUT2D eigenvalue weighted by Crippen LogP contribution is 2.28. The molecule has 5 nitrogen and oxygen atoms in total. The first-order valence-electron chi connectivity index (χ1n) is 8.03. The molecule has 1 aliphatic heterocycles. The lowest BCUT2D eigenvalue weighted by molar-refractivity contribution is 0.0427. The van der Waals surface area contributed by atoms with E-state index in [-0.39, 0.29) is 11.4 Å². The molecule has 0 spiro atoms. The van der Waals surface area contributed by atoms with E-state index in [0.717, 1.165) is 30.8 Å². The van der Waals surface area contributed by atoms with Gasteiger partial charge in [0.05, 0.1) is 12.8 Å². The maximum atomic E-state index is 12.8. The quantitative estimate of drug-likeness (QED) is 0.873. The fourth-order valence-electron chi connectivity index (χ4n) is 3.10. The number of rotatable bonds is 3. The van der Waals surface area contributed by atoms with E-state index in [1.165, 1.54) is 6.42 Å². The fraction of sp³-hybridized carbons (Fsp3) is 0.444. The molecular weight excluding hydrogens is 290 g/mol. The van der Waals surface area contributed by atoms with Gasteiger partial charge in [0.25, 0.3) is 5.91 Å². The molecule has 0 bridgehead atoms. The number of piperidine rings is 1. The Morgan fingerprint density at radius 3 is 2.57 bits per heavy atom. The number of carbonyl (C=O) groups excluding carboxylic acids is 1. The van der Waals surface area contributed by atoms with Crippen molar-refractivity contribution >= 4 is 5.91 Å². The lowest BCUT2D eigenvalue weighted by Gasteiger charge is -2.42. The Labute approximate surface area is 136 Å². The zero-order valence-electron chi connectivity index (χ0n) is 14.0. The number of amides is 1. The van der Waals surface area contributed by atoms with E-state index in [9.17, 15) is 4.79 Å². The third-order valence-electron chi connectivity index (χ3n) is 4.54. The Morgan fingerprint density at radius 2 is 1.91 bits per heavy atom. The van der Waals surface area contributed by atoms with E-state index in [1.807, 2.05) is 35.4 Å². The van der Waals surface area contributed by atoms with E-state index < -0.39 is 0 Å². The van der Waals surface area contributed by atoms with Crippen LogP contribution in [0.15, 0.2) is 36.5 Å². The van der Waals surface area contributed by atoms with Crippen molar-refractivity contribution in [2.24, 2.45) is 0 Å². The van der Waals surface area contributed by atoms with Gasteiger partial charge in [0.2, 0.25) is 0 Å². The van der Waals surface area contributed by atoms with E-state index in [2.05, 4.69) is 18.9 Å². The topological polar surface area (TPSA) is 47.4 Å². The first-order valence-corrected chi connectivity index (χ1v) is 8.03. The number of methoxy groups -OCH3 is 1. The van der Waals surface area contributed by atoms with Gasteiger partial charge in [-0.1, -0.05) is 0 Å². The highest BCUT2D eigenvalue weighted by atomic mass is 16.5. The molecule has 5 heteroatoms. The number of carbonyl (C=O) groups is 1. The molecule has 1 aromatic carbocycles. The molecule has 0 saturated carbocycles. The van der Waals surface area contributed by atoms with Gasteiger partial charge in [0, 0.05) is 18.3 Å². The number of aromatic nitrogens is 2. The number of hydrogen-bond donors (Lipinski definition) is 0. The molecule has 0 aliphatic carbocycles. The molecule has 1 fully saturated rings. The van der Waals surface area contributed by atoms with E-state index in [0.29, 0.717) is 5.69 Å². The monoisotopic (exact) mass is 313 g/mol. The van der Waals surface area contributed by atoms with Crippen LogP contribution in [-0.2, 0) is 0 Å². The van der Waals surface area contributed by atoms with Crippen molar-refractivity contribution in [2.75, 3.05) is 13.7 Å². The lowest BCUT2D eigenvalue weighted by atomic mass is 9.90. The third-order valence-corrected chi connectivity index (χ3v) is 4.54. The van der Waals surface area contributed by atoms with Crippen molar-refractivity contribution in [3.63, 3.8) is 0 Å². The van der Waals surface area contributed by atoms with Crippen LogP contribution in [-0.4, -0.2) is 39.8 Å². The largest absolute Gasteiger partial charge is 0.497 e. The maximum absolute atomic E-state index is 12.8. The smallest absolute Gasteiger partial charge is 0.274 e. The predicted octanol–water partition coefficient (Wildman–Crippen LogP) is 3.29. The van der Waals surface area contributed by atoms with E-state index in [4.69, 9.17) is 4.74 Å². The average Bonchev–Trinajstić information content (AvgIpc) is 3.04. The van der Waals surface area contributed by atoms with Gasteiger partial charge in [-0.05, 0) is 63.4 Å². The van der Waals surface area contributed by atoms with Crippen molar-refractivity contribution in [1.82, 2.24) is 14.7 Å². The summed E-state index contributed by atoms with van der Waals surface area (Å²) >= 11 is 0. The summed E-state index contributed by atoms with van der Waals surface area (Å²) in [5, 5.41) is 4.46. The lowest BCUT2D eigenvalue weighted by Crippen LogP contribution is -2.50. The van der Waals surface area contributed by atoms with Gasteiger partial charge in [0.15, 0.2) is 5.69 Å². The number of likely N-dealkylation sites (tertiary alicyclic amines) is 1.